The Kier molecular flexibility index (Phi) is 7.83. The topological polar surface area (TPSA) is 94.7 Å². The van der Waals surface area contributed by atoms with Crippen molar-refractivity contribution in [1.29, 1.82) is 0 Å². The van der Waals surface area contributed by atoms with E-state index in [2.05, 4.69) is 67.5 Å². The summed E-state index contributed by atoms with van der Waals surface area (Å²) in [7, 11) is 0. The quantitative estimate of drug-likeness (QED) is 0.509. The summed E-state index contributed by atoms with van der Waals surface area (Å²) < 4.78 is 0. The van der Waals surface area contributed by atoms with Gasteiger partial charge in [-0.25, -0.2) is 15.0 Å². The lowest BCUT2D eigenvalue weighted by Gasteiger charge is -2.31. The molecule has 1 fully saturated rings. The molecule has 10 heteroatoms. The highest BCUT2D eigenvalue weighted by molar-refractivity contribution is 6.32. The van der Waals surface area contributed by atoms with Gasteiger partial charge in [-0.15, -0.1) is 12.4 Å². The lowest BCUT2D eigenvalue weighted by Crippen LogP contribution is -2.48. The Labute approximate surface area is 193 Å². The third-order valence-corrected chi connectivity index (χ3v) is 5.44. The Morgan fingerprint density at radius 1 is 1.26 bits per heavy atom. The van der Waals surface area contributed by atoms with Crippen LogP contribution in [0.3, 0.4) is 0 Å². The van der Waals surface area contributed by atoms with Crippen LogP contribution in [0.2, 0.25) is 5.15 Å². The summed E-state index contributed by atoms with van der Waals surface area (Å²) in [4.78, 5) is 15.9. The normalized spacial score (nSPS) is 16.9. The fourth-order valence-electron chi connectivity index (χ4n) is 3.67. The lowest BCUT2D eigenvalue weighted by atomic mass is 10.0. The van der Waals surface area contributed by atoms with E-state index in [0.717, 1.165) is 43.1 Å². The number of hydrogen-bond donors (Lipinski definition) is 3. The van der Waals surface area contributed by atoms with Crippen LogP contribution in [0.15, 0.2) is 30.6 Å². The SMILES string of the molecule is CC(C)c1[nH]nc(Cl)c1-c1ccnc(Nc2ccc(CN3CCN[C@H](C)C3)cn2)n1.Cl. The first-order valence-electron chi connectivity index (χ1n) is 10.2. The molecular formula is C21H28Cl2N8. The molecule has 0 spiro atoms. The molecule has 0 aliphatic carbocycles. The maximum Gasteiger partial charge on any atom is 0.228 e. The summed E-state index contributed by atoms with van der Waals surface area (Å²) >= 11 is 6.30. The van der Waals surface area contributed by atoms with Gasteiger partial charge in [0.25, 0.3) is 0 Å². The second-order valence-corrected chi connectivity index (χ2v) is 8.35. The van der Waals surface area contributed by atoms with Crippen LogP contribution in [0.4, 0.5) is 11.8 Å². The van der Waals surface area contributed by atoms with Crippen LogP contribution in [-0.2, 0) is 6.54 Å². The standard InChI is InChI=1S/C21H27ClN8.ClH/c1-13(2)19-18(20(22)29-28-19)16-6-7-24-21(26-16)27-17-5-4-15(10-25-17)12-30-9-8-23-14(3)11-30;/h4-7,10,13-14,23H,8-9,11-12H2,1-3H3,(H,28,29)(H,24,25,26,27);1H/t14-;/m1./s1. The van der Waals surface area contributed by atoms with Crippen LogP contribution >= 0.6 is 24.0 Å². The van der Waals surface area contributed by atoms with Gasteiger partial charge in [-0.05, 0) is 30.5 Å². The van der Waals surface area contributed by atoms with E-state index in [1.807, 2.05) is 18.3 Å². The van der Waals surface area contributed by atoms with Crippen LogP contribution in [0.1, 0.15) is 37.9 Å². The second kappa shape index (κ2) is 10.4. The molecular weight excluding hydrogens is 435 g/mol. The molecule has 3 aromatic heterocycles. The zero-order valence-electron chi connectivity index (χ0n) is 17.9. The zero-order valence-corrected chi connectivity index (χ0v) is 19.5. The van der Waals surface area contributed by atoms with Crippen molar-refractivity contribution in [3.8, 4) is 11.3 Å². The van der Waals surface area contributed by atoms with Crippen molar-refractivity contribution in [3.05, 3.63) is 47.0 Å². The van der Waals surface area contributed by atoms with E-state index in [9.17, 15) is 0 Å². The smallest absolute Gasteiger partial charge is 0.228 e. The van der Waals surface area contributed by atoms with E-state index in [4.69, 9.17) is 11.6 Å². The number of rotatable bonds is 6. The molecule has 0 aromatic carbocycles. The van der Waals surface area contributed by atoms with Crippen molar-refractivity contribution in [2.75, 3.05) is 25.0 Å². The molecule has 4 rings (SSSR count). The van der Waals surface area contributed by atoms with Gasteiger partial charge >= 0.3 is 0 Å². The first-order valence-corrected chi connectivity index (χ1v) is 10.6. The number of piperazine rings is 1. The lowest BCUT2D eigenvalue weighted by molar-refractivity contribution is 0.199. The number of hydrogen-bond acceptors (Lipinski definition) is 7. The minimum Gasteiger partial charge on any atom is -0.312 e. The van der Waals surface area contributed by atoms with Crippen LogP contribution in [0.5, 0.6) is 0 Å². The summed E-state index contributed by atoms with van der Waals surface area (Å²) in [5.74, 6) is 1.42. The van der Waals surface area contributed by atoms with Crippen molar-refractivity contribution in [2.24, 2.45) is 0 Å². The highest BCUT2D eigenvalue weighted by atomic mass is 35.5. The molecule has 0 saturated carbocycles. The van der Waals surface area contributed by atoms with Gasteiger partial charge < -0.3 is 10.6 Å². The molecule has 4 heterocycles. The number of anilines is 2. The average Bonchev–Trinajstić information content (AvgIpc) is 3.12. The Balaban J connectivity index is 0.00000272. The molecule has 0 radical (unpaired) electrons. The molecule has 0 amide bonds. The number of aromatic amines is 1. The van der Waals surface area contributed by atoms with Gasteiger partial charge in [-0.3, -0.25) is 10.00 Å². The van der Waals surface area contributed by atoms with Gasteiger partial charge in [0, 0.05) is 50.3 Å². The van der Waals surface area contributed by atoms with Gasteiger partial charge in [0.05, 0.1) is 11.3 Å². The molecule has 1 atom stereocenters. The first-order chi connectivity index (χ1) is 14.5. The number of H-pyrrole nitrogens is 1. The Hall–Kier alpha value is -2.26. The monoisotopic (exact) mass is 462 g/mol. The van der Waals surface area contributed by atoms with E-state index in [-0.39, 0.29) is 18.3 Å². The van der Waals surface area contributed by atoms with Crippen LogP contribution < -0.4 is 10.6 Å². The Morgan fingerprint density at radius 3 is 2.81 bits per heavy atom. The fourth-order valence-corrected chi connectivity index (χ4v) is 3.91. The third kappa shape index (κ3) is 5.71. The van der Waals surface area contributed by atoms with Crippen molar-refractivity contribution >= 4 is 35.8 Å². The van der Waals surface area contributed by atoms with E-state index in [1.54, 1.807) is 6.20 Å². The molecule has 8 nitrogen and oxygen atoms in total. The van der Waals surface area contributed by atoms with Crippen molar-refractivity contribution in [1.82, 2.24) is 35.4 Å². The van der Waals surface area contributed by atoms with Crippen LogP contribution in [0.25, 0.3) is 11.3 Å². The van der Waals surface area contributed by atoms with Crippen molar-refractivity contribution in [3.63, 3.8) is 0 Å². The second-order valence-electron chi connectivity index (χ2n) is 7.99. The Morgan fingerprint density at radius 2 is 2.10 bits per heavy atom. The predicted octanol–water partition coefficient (Wildman–Crippen LogP) is 4.00. The van der Waals surface area contributed by atoms with E-state index < -0.39 is 0 Å². The molecule has 1 aliphatic heterocycles. The number of pyridine rings is 1. The first kappa shape index (κ1) is 23.4. The minimum atomic E-state index is 0. The highest BCUT2D eigenvalue weighted by Crippen LogP contribution is 2.32. The zero-order chi connectivity index (χ0) is 21.1. The number of aromatic nitrogens is 5. The number of nitrogens with one attached hydrogen (secondary N) is 3. The van der Waals surface area contributed by atoms with Gasteiger partial charge in [0.2, 0.25) is 5.95 Å². The number of halogens is 2. The van der Waals surface area contributed by atoms with Gasteiger partial charge in [0.1, 0.15) is 5.82 Å². The molecule has 3 aromatic rings. The molecule has 1 aliphatic rings. The summed E-state index contributed by atoms with van der Waals surface area (Å²) in [6.45, 7) is 10.4. The largest absolute Gasteiger partial charge is 0.312 e. The highest BCUT2D eigenvalue weighted by Gasteiger charge is 2.18. The fraction of sp³-hybridized carbons (Fsp3) is 0.429. The minimum absolute atomic E-state index is 0. The summed E-state index contributed by atoms with van der Waals surface area (Å²) in [5, 5.41) is 14.2. The van der Waals surface area contributed by atoms with Gasteiger partial charge in [-0.2, -0.15) is 5.10 Å². The van der Waals surface area contributed by atoms with E-state index in [1.165, 1.54) is 5.56 Å². The van der Waals surface area contributed by atoms with Crippen LogP contribution in [0, 0.1) is 0 Å². The summed E-state index contributed by atoms with van der Waals surface area (Å²) in [5.41, 5.74) is 3.68. The average molecular weight is 463 g/mol. The summed E-state index contributed by atoms with van der Waals surface area (Å²) in [6, 6.07) is 6.41. The Bertz CT molecular complexity index is 989. The van der Waals surface area contributed by atoms with Crippen molar-refractivity contribution < 1.29 is 0 Å². The molecule has 0 unspecified atom stereocenters. The number of nitrogens with zero attached hydrogens (tertiary/aromatic N) is 5. The molecule has 1 saturated heterocycles. The molecule has 3 N–H and O–H groups in total. The summed E-state index contributed by atoms with van der Waals surface area (Å²) in [6.07, 6.45) is 3.61. The molecule has 166 valence electrons. The maximum absolute atomic E-state index is 6.30. The van der Waals surface area contributed by atoms with E-state index >= 15 is 0 Å². The van der Waals surface area contributed by atoms with Crippen molar-refractivity contribution in [2.45, 2.75) is 39.3 Å². The van der Waals surface area contributed by atoms with E-state index in [0.29, 0.717) is 23.0 Å². The van der Waals surface area contributed by atoms with Gasteiger partial charge in [0.15, 0.2) is 5.15 Å². The molecule has 0 bridgehead atoms. The predicted molar refractivity (Wildman–Crippen MR) is 126 cm³/mol. The van der Waals surface area contributed by atoms with Crippen LogP contribution in [-0.4, -0.2) is 55.7 Å². The third-order valence-electron chi connectivity index (χ3n) is 5.16. The molecule has 31 heavy (non-hydrogen) atoms. The maximum atomic E-state index is 6.30. The van der Waals surface area contributed by atoms with Gasteiger partial charge in [-0.1, -0.05) is 31.5 Å².